The van der Waals surface area contributed by atoms with Crippen LogP contribution in [0, 0.1) is 0 Å². The van der Waals surface area contributed by atoms with E-state index in [1.807, 2.05) is 6.07 Å². The quantitative estimate of drug-likeness (QED) is 0.779. The van der Waals surface area contributed by atoms with E-state index in [1.54, 1.807) is 44.4 Å². The third kappa shape index (κ3) is 3.38. The van der Waals surface area contributed by atoms with Crippen LogP contribution in [0.25, 0.3) is 0 Å². The molecule has 0 radical (unpaired) electrons. The maximum atomic E-state index is 13.2. The molecule has 1 heterocycles. The molecule has 30 heavy (non-hydrogen) atoms. The Balaban J connectivity index is 2.36. The van der Waals surface area contributed by atoms with Gasteiger partial charge >= 0.3 is 6.09 Å². The van der Waals surface area contributed by atoms with Crippen molar-refractivity contribution in [1.29, 1.82) is 0 Å². The van der Waals surface area contributed by atoms with Gasteiger partial charge in [-0.05, 0) is 54.3 Å². The van der Waals surface area contributed by atoms with Crippen molar-refractivity contribution in [3.05, 3.63) is 53.1 Å². The number of ether oxygens (including phenoxy) is 4. The van der Waals surface area contributed by atoms with Crippen LogP contribution in [0.5, 0.6) is 17.2 Å². The summed E-state index contributed by atoms with van der Waals surface area (Å²) in [5, 5.41) is 0. The fraction of sp³-hybridized carbons (Fsp3) is 0.364. The normalized spacial score (nSPS) is 17.7. The molecule has 0 fully saturated rings. The summed E-state index contributed by atoms with van der Waals surface area (Å²) in [6.07, 6.45) is -0.110. The second-order valence-corrected chi connectivity index (χ2v) is 6.80. The average molecular weight is 414 g/mol. The number of nitrogens with two attached hydrogens (primary N) is 1. The fourth-order valence-corrected chi connectivity index (χ4v) is 3.97. The minimum Gasteiger partial charge on any atom is -0.497 e. The van der Waals surface area contributed by atoms with Crippen molar-refractivity contribution in [3.63, 3.8) is 0 Å². The first-order valence-electron chi connectivity index (χ1n) is 9.57. The average Bonchev–Trinajstić information content (AvgIpc) is 2.77. The molecular weight excluding hydrogens is 388 g/mol. The Kier molecular flexibility index (Phi) is 6.05. The minimum atomic E-state index is -1.60. The van der Waals surface area contributed by atoms with Gasteiger partial charge in [-0.15, -0.1) is 0 Å². The number of rotatable bonds is 6. The molecule has 0 bridgehead atoms. The van der Waals surface area contributed by atoms with E-state index in [1.165, 1.54) is 19.1 Å². The maximum Gasteiger partial charge on any atom is 0.411 e. The van der Waals surface area contributed by atoms with Gasteiger partial charge in [-0.3, -0.25) is 9.69 Å². The van der Waals surface area contributed by atoms with Gasteiger partial charge < -0.3 is 24.7 Å². The van der Waals surface area contributed by atoms with Crippen molar-refractivity contribution < 1.29 is 28.5 Å². The molecular formula is C22H26N2O6. The van der Waals surface area contributed by atoms with Gasteiger partial charge in [0.05, 0.1) is 27.9 Å². The molecule has 160 valence electrons. The highest BCUT2D eigenvalue weighted by Gasteiger charge is 2.52. The largest absolute Gasteiger partial charge is 0.497 e. The van der Waals surface area contributed by atoms with E-state index in [2.05, 4.69) is 0 Å². The smallest absolute Gasteiger partial charge is 0.411 e. The Morgan fingerprint density at radius 2 is 1.63 bits per heavy atom. The predicted molar refractivity (Wildman–Crippen MR) is 110 cm³/mol. The molecule has 8 heteroatoms. The summed E-state index contributed by atoms with van der Waals surface area (Å²) in [7, 11) is 4.60. The molecule has 8 nitrogen and oxygen atoms in total. The molecule has 0 aliphatic carbocycles. The first-order valence-corrected chi connectivity index (χ1v) is 9.57. The number of hydrogen-bond donors (Lipinski definition) is 1. The van der Waals surface area contributed by atoms with E-state index in [9.17, 15) is 9.59 Å². The van der Waals surface area contributed by atoms with Gasteiger partial charge in [0, 0.05) is 12.6 Å². The molecule has 2 aromatic rings. The third-order valence-electron chi connectivity index (χ3n) is 5.33. The minimum absolute atomic E-state index is 0.168. The second-order valence-electron chi connectivity index (χ2n) is 6.80. The monoisotopic (exact) mass is 414 g/mol. The molecule has 1 unspecified atom stereocenters. The van der Waals surface area contributed by atoms with Crippen molar-refractivity contribution >= 4 is 12.0 Å². The van der Waals surface area contributed by atoms with Gasteiger partial charge in [-0.1, -0.05) is 6.07 Å². The van der Waals surface area contributed by atoms with Crippen LogP contribution in [0.1, 0.15) is 23.6 Å². The van der Waals surface area contributed by atoms with E-state index in [4.69, 9.17) is 24.7 Å². The van der Waals surface area contributed by atoms with E-state index < -0.39 is 17.5 Å². The van der Waals surface area contributed by atoms with Gasteiger partial charge in [-0.2, -0.15) is 0 Å². The number of carbonyl (C=O) groups excluding carboxylic acids is 2. The van der Waals surface area contributed by atoms with E-state index in [-0.39, 0.29) is 13.2 Å². The van der Waals surface area contributed by atoms with Crippen LogP contribution in [0.15, 0.2) is 36.4 Å². The lowest BCUT2D eigenvalue weighted by atomic mass is 9.75. The molecule has 0 aromatic heterocycles. The summed E-state index contributed by atoms with van der Waals surface area (Å²) in [6, 6.07) is 10.4. The van der Waals surface area contributed by atoms with Crippen molar-refractivity contribution in [3.8, 4) is 17.2 Å². The number of nitrogens with zero attached hydrogens (tertiary/aromatic N) is 1. The van der Waals surface area contributed by atoms with Gasteiger partial charge in [0.15, 0.2) is 5.54 Å². The highest BCUT2D eigenvalue weighted by atomic mass is 16.6. The molecule has 2 amide bonds. The first kappa shape index (κ1) is 21.3. The lowest BCUT2D eigenvalue weighted by Crippen LogP contribution is -2.61. The summed E-state index contributed by atoms with van der Waals surface area (Å²) < 4.78 is 21.4. The highest BCUT2D eigenvalue weighted by molar-refractivity contribution is 5.95. The first-order chi connectivity index (χ1) is 14.4. The van der Waals surface area contributed by atoms with Gasteiger partial charge in [0.1, 0.15) is 17.2 Å². The highest BCUT2D eigenvalue weighted by Crippen LogP contribution is 2.44. The number of fused-ring (bicyclic) bond motifs is 1. The van der Waals surface area contributed by atoms with Crippen molar-refractivity contribution in [1.82, 2.24) is 4.90 Å². The van der Waals surface area contributed by atoms with Crippen molar-refractivity contribution in [2.75, 3.05) is 34.5 Å². The standard InChI is InChI=1S/C22H26N2O6/c1-5-30-21(26)24-9-8-14-10-16(27-2)6-7-19(14)22(24,20(23)25)15-11-17(28-3)13-18(12-15)29-4/h6-7,10-13H,5,8-9H2,1-4H3,(H2,23,25). The lowest BCUT2D eigenvalue weighted by Gasteiger charge is -2.45. The number of methoxy groups -OCH3 is 3. The van der Waals surface area contributed by atoms with Crippen LogP contribution in [-0.2, 0) is 21.5 Å². The molecule has 2 N–H and O–H groups in total. The van der Waals surface area contributed by atoms with Crippen molar-refractivity contribution in [2.24, 2.45) is 5.73 Å². The van der Waals surface area contributed by atoms with Gasteiger partial charge in [0.2, 0.25) is 0 Å². The zero-order valence-corrected chi connectivity index (χ0v) is 17.6. The van der Waals surface area contributed by atoms with E-state index >= 15 is 0 Å². The van der Waals surface area contributed by atoms with Crippen LogP contribution in [-0.4, -0.2) is 51.4 Å². The fourth-order valence-electron chi connectivity index (χ4n) is 3.97. The number of hydrogen-bond acceptors (Lipinski definition) is 6. The molecule has 2 aromatic carbocycles. The zero-order valence-electron chi connectivity index (χ0n) is 17.6. The topological polar surface area (TPSA) is 100 Å². The van der Waals surface area contributed by atoms with Crippen LogP contribution in [0.3, 0.4) is 0 Å². The van der Waals surface area contributed by atoms with E-state index in [0.717, 1.165) is 5.56 Å². The molecule has 0 saturated heterocycles. The number of amides is 2. The Morgan fingerprint density at radius 1 is 1.00 bits per heavy atom. The molecule has 0 spiro atoms. The van der Waals surface area contributed by atoms with Crippen LogP contribution in [0.4, 0.5) is 4.79 Å². The summed E-state index contributed by atoms with van der Waals surface area (Å²) in [6.45, 7) is 2.11. The van der Waals surface area contributed by atoms with Gasteiger partial charge in [-0.25, -0.2) is 4.79 Å². The Bertz CT molecular complexity index is 938. The van der Waals surface area contributed by atoms with Crippen molar-refractivity contribution in [2.45, 2.75) is 18.9 Å². The number of primary amides is 1. The molecule has 1 atom stereocenters. The van der Waals surface area contributed by atoms with Crippen LogP contribution >= 0.6 is 0 Å². The Morgan fingerprint density at radius 3 is 2.17 bits per heavy atom. The second kappa shape index (κ2) is 8.52. The summed E-state index contributed by atoms with van der Waals surface area (Å²) in [5.74, 6) is 0.876. The van der Waals surface area contributed by atoms with Crippen LogP contribution in [0.2, 0.25) is 0 Å². The summed E-state index contributed by atoms with van der Waals surface area (Å²) >= 11 is 0. The Labute approximate surface area is 175 Å². The Hall–Kier alpha value is -3.42. The van der Waals surface area contributed by atoms with Gasteiger partial charge in [0.25, 0.3) is 5.91 Å². The third-order valence-corrected chi connectivity index (χ3v) is 5.33. The molecule has 3 rings (SSSR count). The predicted octanol–water partition coefficient (Wildman–Crippen LogP) is 2.46. The maximum absolute atomic E-state index is 13.2. The number of benzene rings is 2. The zero-order chi connectivity index (χ0) is 21.9. The SMILES string of the molecule is CCOC(=O)N1CCc2cc(OC)ccc2C1(C(N)=O)c1cc(OC)cc(OC)c1. The number of carbonyl (C=O) groups is 2. The lowest BCUT2D eigenvalue weighted by molar-refractivity contribution is -0.128. The molecule has 1 aliphatic rings. The van der Waals surface area contributed by atoms with E-state index in [0.29, 0.717) is 34.8 Å². The summed E-state index contributed by atoms with van der Waals surface area (Å²) in [5.41, 5.74) is 6.32. The molecule has 0 saturated carbocycles. The van der Waals surface area contributed by atoms with Crippen LogP contribution < -0.4 is 19.9 Å². The molecule has 1 aliphatic heterocycles. The summed E-state index contributed by atoms with van der Waals surface area (Å²) in [4.78, 5) is 27.5.